The Hall–Kier alpha value is -1.71. The van der Waals surface area contributed by atoms with E-state index >= 15 is 0 Å². The molecule has 4 nitrogen and oxygen atoms in total. The summed E-state index contributed by atoms with van der Waals surface area (Å²) in [6.07, 6.45) is 4.86. The maximum Gasteiger partial charge on any atom is 0.253 e. The van der Waals surface area contributed by atoms with E-state index in [2.05, 4.69) is 10.6 Å². The van der Waals surface area contributed by atoms with Crippen LogP contribution in [-0.4, -0.2) is 18.5 Å². The number of nitrogen functional groups attached to an aromatic ring is 1. The van der Waals surface area contributed by atoms with Crippen LogP contribution in [-0.2, 0) is 0 Å². The first-order valence-corrected chi connectivity index (χ1v) is 6.65. The van der Waals surface area contributed by atoms with Gasteiger partial charge in [-0.2, -0.15) is 0 Å². The molecule has 1 aliphatic carbocycles. The number of carbonyl (C=O) groups excluding carboxylic acids is 1. The molecule has 0 unspecified atom stereocenters. The first-order chi connectivity index (χ1) is 8.70. The summed E-state index contributed by atoms with van der Waals surface area (Å²) in [5.41, 5.74) is 8.02. The van der Waals surface area contributed by atoms with Crippen LogP contribution in [0.3, 0.4) is 0 Å². The Balaban J connectivity index is 2.19. The molecule has 0 spiro atoms. The van der Waals surface area contributed by atoms with Gasteiger partial charge in [-0.1, -0.05) is 12.8 Å². The number of hydrogen-bond acceptors (Lipinski definition) is 3. The maximum atomic E-state index is 12.0. The second-order valence-electron chi connectivity index (χ2n) is 4.79. The molecule has 1 saturated carbocycles. The molecule has 1 amide bonds. The van der Waals surface area contributed by atoms with Crippen LogP contribution in [0.15, 0.2) is 18.2 Å². The lowest BCUT2D eigenvalue weighted by Gasteiger charge is -2.17. The largest absolute Gasteiger partial charge is 0.399 e. The fraction of sp³-hybridized carbons (Fsp3) is 0.500. The predicted molar refractivity (Wildman–Crippen MR) is 74.7 cm³/mol. The lowest BCUT2D eigenvalue weighted by atomic mass is 10.1. The highest BCUT2D eigenvalue weighted by Gasteiger charge is 2.18. The van der Waals surface area contributed by atoms with E-state index in [-0.39, 0.29) is 5.91 Å². The third-order valence-electron chi connectivity index (χ3n) is 3.34. The number of anilines is 2. The Morgan fingerprint density at radius 2 is 2.11 bits per heavy atom. The van der Waals surface area contributed by atoms with Crippen molar-refractivity contribution < 1.29 is 4.79 Å². The van der Waals surface area contributed by atoms with Crippen LogP contribution in [0, 0.1) is 0 Å². The van der Waals surface area contributed by atoms with Gasteiger partial charge in [-0.05, 0) is 38.0 Å². The number of hydrogen-bond donors (Lipinski definition) is 3. The monoisotopic (exact) mass is 247 g/mol. The summed E-state index contributed by atoms with van der Waals surface area (Å²) >= 11 is 0. The molecule has 98 valence electrons. The van der Waals surface area contributed by atoms with Crippen LogP contribution in [0.1, 0.15) is 43.0 Å². The molecule has 0 radical (unpaired) electrons. The molecular weight excluding hydrogens is 226 g/mol. The molecule has 4 heteroatoms. The van der Waals surface area contributed by atoms with E-state index in [1.807, 2.05) is 13.0 Å². The maximum absolute atomic E-state index is 12.0. The summed E-state index contributed by atoms with van der Waals surface area (Å²) < 4.78 is 0. The second kappa shape index (κ2) is 5.76. The first-order valence-electron chi connectivity index (χ1n) is 6.65. The minimum atomic E-state index is -0.0435. The topological polar surface area (TPSA) is 67.2 Å². The zero-order valence-electron chi connectivity index (χ0n) is 10.8. The van der Waals surface area contributed by atoms with Crippen LogP contribution in [0.2, 0.25) is 0 Å². The minimum Gasteiger partial charge on any atom is -0.399 e. The van der Waals surface area contributed by atoms with Crippen molar-refractivity contribution in [3.8, 4) is 0 Å². The van der Waals surface area contributed by atoms with Crippen molar-refractivity contribution in [2.24, 2.45) is 0 Å². The summed E-state index contributed by atoms with van der Waals surface area (Å²) in [6.45, 7) is 2.55. The molecule has 2 rings (SSSR count). The first kappa shape index (κ1) is 12.7. The van der Waals surface area contributed by atoms with Gasteiger partial charge in [0.05, 0.1) is 5.56 Å². The predicted octanol–water partition coefficient (Wildman–Crippen LogP) is 2.37. The van der Waals surface area contributed by atoms with Crippen molar-refractivity contribution in [3.05, 3.63) is 23.8 Å². The number of benzene rings is 1. The van der Waals surface area contributed by atoms with Crippen molar-refractivity contribution in [2.75, 3.05) is 17.6 Å². The Morgan fingerprint density at radius 3 is 2.78 bits per heavy atom. The smallest absolute Gasteiger partial charge is 0.253 e. The van der Waals surface area contributed by atoms with Gasteiger partial charge in [0.1, 0.15) is 0 Å². The van der Waals surface area contributed by atoms with Crippen molar-refractivity contribution in [2.45, 2.75) is 38.6 Å². The van der Waals surface area contributed by atoms with Crippen molar-refractivity contribution in [3.63, 3.8) is 0 Å². The van der Waals surface area contributed by atoms with Gasteiger partial charge in [-0.15, -0.1) is 0 Å². The molecule has 1 aromatic carbocycles. The van der Waals surface area contributed by atoms with Crippen LogP contribution in [0.5, 0.6) is 0 Å². The van der Waals surface area contributed by atoms with Crippen LogP contribution in [0.4, 0.5) is 11.4 Å². The SMILES string of the molecule is CCNC(=O)c1ccc(N)cc1NC1CCCC1. The van der Waals surface area contributed by atoms with Gasteiger partial charge in [-0.3, -0.25) is 4.79 Å². The Labute approximate surface area is 108 Å². The highest BCUT2D eigenvalue weighted by molar-refractivity contribution is 6.00. The lowest BCUT2D eigenvalue weighted by molar-refractivity contribution is 0.0956. The van der Waals surface area contributed by atoms with E-state index < -0.39 is 0 Å². The molecule has 0 aromatic heterocycles. The average Bonchev–Trinajstić information content (AvgIpc) is 2.82. The zero-order chi connectivity index (χ0) is 13.0. The fourth-order valence-electron chi connectivity index (χ4n) is 2.43. The summed E-state index contributed by atoms with van der Waals surface area (Å²) in [6, 6.07) is 5.88. The third-order valence-corrected chi connectivity index (χ3v) is 3.34. The van der Waals surface area contributed by atoms with E-state index in [1.54, 1.807) is 12.1 Å². The summed E-state index contributed by atoms with van der Waals surface area (Å²) in [4.78, 5) is 12.0. The van der Waals surface area contributed by atoms with Gasteiger partial charge in [0.25, 0.3) is 5.91 Å². The number of rotatable bonds is 4. The Morgan fingerprint density at radius 1 is 1.39 bits per heavy atom. The second-order valence-corrected chi connectivity index (χ2v) is 4.79. The molecule has 0 aliphatic heterocycles. The van der Waals surface area contributed by atoms with Gasteiger partial charge in [0, 0.05) is 24.0 Å². The minimum absolute atomic E-state index is 0.0435. The van der Waals surface area contributed by atoms with E-state index in [1.165, 1.54) is 25.7 Å². The quantitative estimate of drug-likeness (QED) is 0.716. The number of nitrogens with one attached hydrogen (secondary N) is 2. The molecule has 1 fully saturated rings. The van der Waals surface area contributed by atoms with Gasteiger partial charge in [0.2, 0.25) is 0 Å². The zero-order valence-corrected chi connectivity index (χ0v) is 10.8. The molecule has 1 aromatic rings. The molecule has 0 saturated heterocycles. The van der Waals surface area contributed by atoms with Gasteiger partial charge in [-0.25, -0.2) is 0 Å². The molecule has 1 aliphatic rings. The summed E-state index contributed by atoms with van der Waals surface area (Å²) in [5, 5.41) is 6.28. The van der Waals surface area contributed by atoms with Gasteiger partial charge >= 0.3 is 0 Å². The normalized spacial score (nSPS) is 15.6. The third kappa shape index (κ3) is 2.94. The average molecular weight is 247 g/mol. The van der Waals surface area contributed by atoms with E-state index in [9.17, 15) is 4.79 Å². The van der Waals surface area contributed by atoms with Crippen LogP contribution < -0.4 is 16.4 Å². The highest BCUT2D eigenvalue weighted by atomic mass is 16.1. The van der Waals surface area contributed by atoms with Crippen LogP contribution in [0.25, 0.3) is 0 Å². The molecule has 0 heterocycles. The highest BCUT2D eigenvalue weighted by Crippen LogP contribution is 2.26. The van der Waals surface area contributed by atoms with E-state index in [4.69, 9.17) is 5.73 Å². The molecule has 18 heavy (non-hydrogen) atoms. The molecule has 0 atom stereocenters. The lowest BCUT2D eigenvalue weighted by Crippen LogP contribution is -2.25. The van der Waals surface area contributed by atoms with Gasteiger partial charge in [0.15, 0.2) is 0 Å². The van der Waals surface area contributed by atoms with E-state index in [0.717, 1.165) is 5.69 Å². The number of carbonyl (C=O) groups is 1. The van der Waals surface area contributed by atoms with Crippen molar-refractivity contribution >= 4 is 17.3 Å². The van der Waals surface area contributed by atoms with Crippen LogP contribution >= 0.6 is 0 Å². The Bertz CT molecular complexity index is 425. The number of amides is 1. The van der Waals surface area contributed by atoms with E-state index in [0.29, 0.717) is 23.8 Å². The summed E-state index contributed by atoms with van der Waals surface area (Å²) in [7, 11) is 0. The van der Waals surface area contributed by atoms with Crippen molar-refractivity contribution in [1.29, 1.82) is 0 Å². The van der Waals surface area contributed by atoms with Crippen molar-refractivity contribution in [1.82, 2.24) is 5.32 Å². The molecule has 4 N–H and O–H groups in total. The van der Waals surface area contributed by atoms with Gasteiger partial charge < -0.3 is 16.4 Å². The molecule has 0 bridgehead atoms. The molecular formula is C14H21N3O. The Kier molecular flexibility index (Phi) is 4.07. The fourth-order valence-corrected chi connectivity index (χ4v) is 2.43. The standard InChI is InChI=1S/C14H21N3O/c1-2-16-14(18)12-8-7-10(15)9-13(12)17-11-5-3-4-6-11/h7-9,11,17H,2-6,15H2,1H3,(H,16,18). The summed E-state index contributed by atoms with van der Waals surface area (Å²) in [5.74, 6) is -0.0435. The number of nitrogens with two attached hydrogens (primary N) is 1.